The van der Waals surface area contributed by atoms with Gasteiger partial charge in [-0.25, -0.2) is 0 Å². The minimum atomic E-state index is 0.729. The predicted molar refractivity (Wildman–Crippen MR) is 74.2 cm³/mol. The van der Waals surface area contributed by atoms with Crippen molar-refractivity contribution in [3.63, 3.8) is 0 Å². The molecule has 4 unspecified atom stereocenters. The van der Waals surface area contributed by atoms with Gasteiger partial charge in [0, 0.05) is 18.6 Å². The molecule has 0 spiro atoms. The van der Waals surface area contributed by atoms with Crippen LogP contribution in [0.4, 0.5) is 0 Å². The first-order chi connectivity index (χ1) is 8.15. The molecule has 0 radical (unpaired) electrons. The molecule has 100 valence electrons. The van der Waals surface area contributed by atoms with Gasteiger partial charge in [0.15, 0.2) is 0 Å². The third-order valence-electron chi connectivity index (χ3n) is 4.81. The van der Waals surface area contributed by atoms with Gasteiger partial charge in [0.05, 0.1) is 0 Å². The summed E-state index contributed by atoms with van der Waals surface area (Å²) in [5.74, 6) is 1.87. The Balaban J connectivity index is 1.77. The van der Waals surface area contributed by atoms with E-state index in [1.165, 1.54) is 51.6 Å². The maximum absolute atomic E-state index is 3.55. The van der Waals surface area contributed by atoms with Crippen molar-refractivity contribution in [1.82, 2.24) is 10.2 Å². The minimum Gasteiger partial charge on any atom is -0.314 e. The zero-order chi connectivity index (χ0) is 12.3. The summed E-state index contributed by atoms with van der Waals surface area (Å²) in [5.41, 5.74) is 0. The van der Waals surface area contributed by atoms with Crippen molar-refractivity contribution in [2.45, 2.75) is 64.5 Å². The van der Waals surface area contributed by atoms with Crippen LogP contribution in [0.25, 0.3) is 0 Å². The number of hydrogen-bond donors (Lipinski definition) is 1. The molecule has 0 aromatic heterocycles. The summed E-state index contributed by atoms with van der Waals surface area (Å²) in [6.45, 7) is 7.30. The van der Waals surface area contributed by atoms with Gasteiger partial charge < -0.3 is 10.2 Å². The van der Waals surface area contributed by atoms with Crippen LogP contribution in [0.15, 0.2) is 0 Å². The fourth-order valence-corrected chi connectivity index (χ4v) is 3.76. The molecule has 2 nitrogen and oxygen atoms in total. The quantitative estimate of drug-likeness (QED) is 0.813. The van der Waals surface area contributed by atoms with Gasteiger partial charge in [-0.15, -0.1) is 0 Å². The Morgan fingerprint density at radius 3 is 2.65 bits per heavy atom. The molecule has 1 aliphatic heterocycles. The van der Waals surface area contributed by atoms with E-state index in [0.29, 0.717) is 0 Å². The average molecular weight is 238 g/mol. The van der Waals surface area contributed by atoms with Crippen LogP contribution in [0.2, 0.25) is 0 Å². The van der Waals surface area contributed by atoms with Crippen LogP contribution in [0.5, 0.6) is 0 Å². The highest BCUT2D eigenvalue weighted by Gasteiger charge is 2.25. The fourth-order valence-electron chi connectivity index (χ4n) is 3.76. The Hall–Kier alpha value is -0.0800. The molecular formula is C15H30N2. The first kappa shape index (κ1) is 13.4. The molecule has 4 atom stereocenters. The number of rotatable bonds is 3. The Morgan fingerprint density at radius 2 is 1.94 bits per heavy atom. The second-order valence-electron chi connectivity index (χ2n) is 6.61. The Bertz CT molecular complexity index is 229. The van der Waals surface area contributed by atoms with Gasteiger partial charge in [-0.05, 0) is 58.0 Å². The Kier molecular flexibility index (Phi) is 4.87. The van der Waals surface area contributed by atoms with E-state index in [0.717, 1.165) is 23.9 Å². The van der Waals surface area contributed by atoms with E-state index >= 15 is 0 Å². The monoisotopic (exact) mass is 238 g/mol. The van der Waals surface area contributed by atoms with Gasteiger partial charge in [-0.2, -0.15) is 0 Å². The maximum atomic E-state index is 3.55. The predicted octanol–water partition coefficient (Wildman–Crippen LogP) is 2.89. The first-order valence-electron chi connectivity index (χ1n) is 7.58. The minimum absolute atomic E-state index is 0.729. The molecule has 1 saturated carbocycles. The van der Waals surface area contributed by atoms with Gasteiger partial charge >= 0.3 is 0 Å². The maximum Gasteiger partial charge on any atom is 0.00948 e. The van der Waals surface area contributed by atoms with E-state index in [-0.39, 0.29) is 0 Å². The van der Waals surface area contributed by atoms with Crippen LogP contribution in [0.3, 0.4) is 0 Å². The second-order valence-corrected chi connectivity index (χ2v) is 6.61. The van der Waals surface area contributed by atoms with Gasteiger partial charge in [0.25, 0.3) is 0 Å². The van der Waals surface area contributed by atoms with Gasteiger partial charge in [-0.1, -0.05) is 19.8 Å². The molecule has 1 saturated heterocycles. The van der Waals surface area contributed by atoms with Crippen molar-refractivity contribution < 1.29 is 0 Å². The normalized spacial score (nSPS) is 39.5. The summed E-state index contributed by atoms with van der Waals surface area (Å²) < 4.78 is 0. The number of hydrogen-bond acceptors (Lipinski definition) is 2. The molecule has 0 aromatic rings. The van der Waals surface area contributed by atoms with E-state index in [1.807, 2.05) is 0 Å². The SMILES string of the molecule is CC1CCCC(N(C)CC2CCNC(C)C2)C1. The molecule has 1 aliphatic carbocycles. The highest BCUT2D eigenvalue weighted by molar-refractivity contribution is 4.81. The van der Waals surface area contributed by atoms with Crippen molar-refractivity contribution in [1.29, 1.82) is 0 Å². The smallest absolute Gasteiger partial charge is 0.00948 e. The zero-order valence-electron chi connectivity index (χ0n) is 11.9. The highest BCUT2D eigenvalue weighted by Crippen LogP contribution is 2.28. The lowest BCUT2D eigenvalue weighted by Gasteiger charge is -2.38. The first-order valence-corrected chi connectivity index (χ1v) is 7.58. The standard InChI is InChI=1S/C15H30N2/c1-12-5-4-6-15(9-12)17(3)11-14-7-8-16-13(2)10-14/h12-16H,4-11H2,1-3H3. The summed E-state index contributed by atoms with van der Waals surface area (Å²) in [4.78, 5) is 2.67. The average Bonchev–Trinajstić information content (AvgIpc) is 2.29. The molecule has 17 heavy (non-hydrogen) atoms. The zero-order valence-corrected chi connectivity index (χ0v) is 11.9. The summed E-state index contributed by atoms with van der Waals surface area (Å²) in [7, 11) is 2.36. The van der Waals surface area contributed by atoms with E-state index < -0.39 is 0 Å². The van der Waals surface area contributed by atoms with Crippen molar-refractivity contribution in [3.8, 4) is 0 Å². The molecule has 2 heteroatoms. The summed E-state index contributed by atoms with van der Waals surface area (Å²) in [5, 5.41) is 3.55. The largest absolute Gasteiger partial charge is 0.314 e. The van der Waals surface area contributed by atoms with Crippen molar-refractivity contribution in [2.24, 2.45) is 11.8 Å². The number of nitrogens with zero attached hydrogens (tertiary/aromatic N) is 1. The molecule has 0 bridgehead atoms. The summed E-state index contributed by atoms with van der Waals surface area (Å²) >= 11 is 0. The number of nitrogens with one attached hydrogen (secondary N) is 1. The molecule has 2 rings (SSSR count). The molecule has 1 N–H and O–H groups in total. The van der Waals surface area contributed by atoms with Crippen LogP contribution in [-0.2, 0) is 0 Å². The second kappa shape index (κ2) is 6.19. The molecule has 2 aliphatic rings. The van der Waals surface area contributed by atoms with Gasteiger partial charge in [-0.3, -0.25) is 0 Å². The van der Waals surface area contributed by atoms with E-state index in [4.69, 9.17) is 0 Å². The van der Waals surface area contributed by atoms with Crippen LogP contribution in [0, 0.1) is 11.8 Å². The fraction of sp³-hybridized carbons (Fsp3) is 1.00. The Morgan fingerprint density at radius 1 is 1.12 bits per heavy atom. The highest BCUT2D eigenvalue weighted by atomic mass is 15.1. The van der Waals surface area contributed by atoms with Gasteiger partial charge in [0.1, 0.15) is 0 Å². The summed E-state index contributed by atoms with van der Waals surface area (Å²) in [6.07, 6.45) is 8.50. The van der Waals surface area contributed by atoms with Gasteiger partial charge in [0.2, 0.25) is 0 Å². The van der Waals surface area contributed by atoms with Crippen molar-refractivity contribution in [2.75, 3.05) is 20.1 Å². The molecule has 0 amide bonds. The molecule has 0 aromatic carbocycles. The molecule has 2 fully saturated rings. The third-order valence-corrected chi connectivity index (χ3v) is 4.81. The third kappa shape index (κ3) is 3.96. The van der Waals surface area contributed by atoms with Crippen LogP contribution in [0.1, 0.15) is 52.4 Å². The van der Waals surface area contributed by atoms with E-state index in [9.17, 15) is 0 Å². The van der Waals surface area contributed by atoms with E-state index in [1.54, 1.807) is 0 Å². The lowest BCUT2D eigenvalue weighted by atomic mass is 9.85. The molecular weight excluding hydrogens is 208 g/mol. The van der Waals surface area contributed by atoms with Crippen molar-refractivity contribution in [3.05, 3.63) is 0 Å². The number of piperidine rings is 1. The summed E-state index contributed by atoms with van der Waals surface area (Å²) in [6, 6.07) is 1.59. The van der Waals surface area contributed by atoms with Crippen LogP contribution in [-0.4, -0.2) is 37.1 Å². The lowest BCUT2D eigenvalue weighted by Crippen LogP contribution is -2.43. The van der Waals surface area contributed by atoms with Crippen molar-refractivity contribution >= 4 is 0 Å². The van der Waals surface area contributed by atoms with Crippen LogP contribution < -0.4 is 5.32 Å². The van der Waals surface area contributed by atoms with Crippen LogP contribution >= 0.6 is 0 Å². The Labute approximate surface area is 107 Å². The topological polar surface area (TPSA) is 15.3 Å². The lowest BCUT2D eigenvalue weighted by molar-refractivity contribution is 0.129. The van der Waals surface area contributed by atoms with E-state index in [2.05, 4.69) is 31.1 Å². The molecule has 1 heterocycles.